The summed E-state index contributed by atoms with van der Waals surface area (Å²) in [7, 11) is 1.30. The molecule has 30 heavy (non-hydrogen) atoms. The molecule has 3 amide bonds. The van der Waals surface area contributed by atoms with Gasteiger partial charge in [0.15, 0.2) is 0 Å². The van der Waals surface area contributed by atoms with Crippen LogP contribution in [-0.2, 0) is 14.4 Å². The van der Waals surface area contributed by atoms with E-state index in [1.54, 1.807) is 0 Å². The minimum Gasteiger partial charge on any atom is -0.489 e. The zero-order chi connectivity index (χ0) is 22.9. The first-order valence-corrected chi connectivity index (χ1v) is 8.47. The molecule has 2 rings (SSSR count). The summed E-state index contributed by atoms with van der Waals surface area (Å²) in [6.45, 7) is -1.46. The van der Waals surface area contributed by atoms with E-state index >= 15 is 0 Å². The predicted molar refractivity (Wildman–Crippen MR) is 90.4 cm³/mol. The molecule has 0 saturated carbocycles. The number of hydrogen-bond donors (Lipinski definition) is 2. The highest BCUT2D eigenvalue weighted by molar-refractivity contribution is 6.04. The second-order valence-electron chi connectivity index (χ2n) is 6.52. The van der Waals surface area contributed by atoms with Crippen LogP contribution in [0.3, 0.4) is 0 Å². The van der Waals surface area contributed by atoms with E-state index in [4.69, 9.17) is 4.74 Å². The van der Waals surface area contributed by atoms with E-state index < -0.39 is 54.1 Å². The lowest BCUT2D eigenvalue weighted by atomic mass is 10.1. The third-order valence-corrected chi connectivity index (χ3v) is 4.32. The normalized spacial score (nSPS) is 18.1. The van der Waals surface area contributed by atoms with Gasteiger partial charge in [0, 0.05) is 13.1 Å². The van der Waals surface area contributed by atoms with Gasteiger partial charge in [0.05, 0.1) is 12.2 Å². The highest BCUT2D eigenvalue weighted by Crippen LogP contribution is 2.34. The molecule has 0 saturated heterocycles. The van der Waals surface area contributed by atoms with Crippen molar-refractivity contribution in [2.75, 3.05) is 25.1 Å². The topological polar surface area (TPSA) is 87.7 Å². The number of rotatable bonds is 5. The van der Waals surface area contributed by atoms with Crippen molar-refractivity contribution in [2.45, 2.75) is 25.1 Å². The number of likely N-dealkylation sites (N-methyl/N-ethyl adjacent to an activating group) is 1. The van der Waals surface area contributed by atoms with E-state index in [0.717, 1.165) is 24.0 Å². The van der Waals surface area contributed by atoms with Gasteiger partial charge in [-0.3, -0.25) is 14.4 Å². The second kappa shape index (κ2) is 8.40. The number of nitrogens with zero attached hydrogens (tertiary/aromatic N) is 1. The standard InChI is InChI=1S/C17H17F6N3O4/c1-8(13(27)24-7-16(19,20)17(21,22)23)14(28)25-10-6-30-12-4-3-9(18)5-11(12)26(2)15(10)29/h3-5,8,10H,6-7H2,1-2H3,(H,24,27)(H,25,28)/t8?,10-/m0/s1. The number of amides is 3. The summed E-state index contributed by atoms with van der Waals surface area (Å²) in [5.41, 5.74) is 0.0944. The first-order valence-electron chi connectivity index (χ1n) is 8.47. The summed E-state index contributed by atoms with van der Waals surface area (Å²) < 4.78 is 81.0. The Morgan fingerprint density at radius 1 is 1.23 bits per heavy atom. The average molecular weight is 441 g/mol. The summed E-state index contributed by atoms with van der Waals surface area (Å²) in [5.74, 6) is -10.6. The van der Waals surface area contributed by atoms with E-state index in [0.29, 0.717) is 0 Å². The van der Waals surface area contributed by atoms with Crippen LogP contribution in [-0.4, -0.2) is 56.1 Å². The van der Waals surface area contributed by atoms with Crippen molar-refractivity contribution in [3.05, 3.63) is 24.0 Å². The Bertz CT molecular complexity index is 845. The second-order valence-corrected chi connectivity index (χ2v) is 6.52. The number of carbonyl (C=O) groups excluding carboxylic acids is 3. The van der Waals surface area contributed by atoms with Crippen molar-refractivity contribution in [1.29, 1.82) is 0 Å². The zero-order valence-corrected chi connectivity index (χ0v) is 15.6. The van der Waals surface area contributed by atoms with E-state index in [2.05, 4.69) is 5.32 Å². The van der Waals surface area contributed by atoms with Crippen molar-refractivity contribution < 1.29 is 45.5 Å². The minimum absolute atomic E-state index is 0.0944. The number of hydrogen-bond acceptors (Lipinski definition) is 4. The van der Waals surface area contributed by atoms with Crippen LogP contribution in [0.25, 0.3) is 0 Å². The van der Waals surface area contributed by atoms with Gasteiger partial charge in [0.25, 0.3) is 5.91 Å². The van der Waals surface area contributed by atoms with Gasteiger partial charge in [0.2, 0.25) is 11.8 Å². The van der Waals surface area contributed by atoms with Gasteiger partial charge in [-0.15, -0.1) is 0 Å². The molecule has 1 aromatic carbocycles. The summed E-state index contributed by atoms with van der Waals surface area (Å²) in [6, 6.07) is 2.09. The van der Waals surface area contributed by atoms with Gasteiger partial charge < -0.3 is 20.3 Å². The molecular weight excluding hydrogens is 424 g/mol. The molecular formula is C17H17F6N3O4. The zero-order valence-electron chi connectivity index (χ0n) is 15.6. The summed E-state index contributed by atoms with van der Waals surface area (Å²) >= 11 is 0. The van der Waals surface area contributed by atoms with E-state index in [-0.39, 0.29) is 18.0 Å². The van der Waals surface area contributed by atoms with E-state index in [1.165, 1.54) is 18.4 Å². The van der Waals surface area contributed by atoms with Crippen molar-refractivity contribution >= 4 is 23.4 Å². The van der Waals surface area contributed by atoms with Crippen LogP contribution in [0.15, 0.2) is 18.2 Å². The van der Waals surface area contributed by atoms with Crippen molar-refractivity contribution in [1.82, 2.24) is 10.6 Å². The molecule has 1 aliphatic rings. The van der Waals surface area contributed by atoms with Crippen molar-refractivity contribution in [3.63, 3.8) is 0 Å². The van der Waals surface area contributed by atoms with Crippen molar-refractivity contribution in [2.24, 2.45) is 5.92 Å². The van der Waals surface area contributed by atoms with Crippen LogP contribution >= 0.6 is 0 Å². The van der Waals surface area contributed by atoms with Crippen molar-refractivity contribution in [3.8, 4) is 5.75 Å². The Morgan fingerprint density at radius 2 is 1.87 bits per heavy atom. The third-order valence-electron chi connectivity index (χ3n) is 4.32. The van der Waals surface area contributed by atoms with Crippen LogP contribution in [0, 0.1) is 11.7 Å². The van der Waals surface area contributed by atoms with Gasteiger partial charge in [-0.25, -0.2) is 4.39 Å². The van der Waals surface area contributed by atoms with E-state index in [1.807, 2.05) is 0 Å². The minimum atomic E-state index is -5.87. The highest BCUT2D eigenvalue weighted by atomic mass is 19.4. The molecule has 0 fully saturated rings. The summed E-state index contributed by atoms with van der Waals surface area (Å²) in [6.07, 6.45) is -5.87. The number of halogens is 6. The molecule has 2 atom stereocenters. The Kier molecular flexibility index (Phi) is 6.52. The predicted octanol–water partition coefficient (Wildman–Crippen LogP) is 1.62. The first kappa shape index (κ1) is 23.3. The lowest BCUT2D eigenvalue weighted by molar-refractivity contribution is -0.278. The number of carbonyl (C=O) groups is 3. The SMILES string of the molecule is CC(C(=O)NCC(F)(F)C(F)(F)F)C(=O)N[C@H]1COc2ccc(F)cc2N(C)C1=O. The fourth-order valence-electron chi connectivity index (χ4n) is 2.44. The number of nitrogens with one attached hydrogen (secondary N) is 2. The van der Waals surface area contributed by atoms with Gasteiger partial charge >= 0.3 is 12.1 Å². The van der Waals surface area contributed by atoms with Crippen LogP contribution < -0.4 is 20.3 Å². The Labute approximate surface area is 166 Å². The maximum Gasteiger partial charge on any atom is 0.455 e. The molecule has 166 valence electrons. The molecule has 1 aromatic rings. The monoisotopic (exact) mass is 441 g/mol. The Morgan fingerprint density at radius 3 is 2.47 bits per heavy atom. The largest absolute Gasteiger partial charge is 0.489 e. The molecule has 13 heteroatoms. The average Bonchev–Trinajstić information content (AvgIpc) is 2.77. The molecule has 7 nitrogen and oxygen atoms in total. The highest BCUT2D eigenvalue weighted by Gasteiger charge is 2.57. The van der Waals surface area contributed by atoms with Gasteiger partial charge in [-0.1, -0.05) is 0 Å². The number of alkyl halides is 5. The molecule has 2 N–H and O–H groups in total. The Balaban J connectivity index is 2.01. The van der Waals surface area contributed by atoms with Crippen LogP contribution in [0.2, 0.25) is 0 Å². The van der Waals surface area contributed by atoms with Crippen LogP contribution in [0.5, 0.6) is 5.75 Å². The van der Waals surface area contributed by atoms with E-state index in [9.17, 15) is 40.7 Å². The number of anilines is 1. The molecule has 1 heterocycles. The number of benzene rings is 1. The molecule has 0 spiro atoms. The summed E-state index contributed by atoms with van der Waals surface area (Å²) in [4.78, 5) is 37.5. The maximum atomic E-state index is 13.4. The van der Waals surface area contributed by atoms with Crippen LogP contribution in [0.4, 0.5) is 32.0 Å². The third kappa shape index (κ3) is 4.94. The fraction of sp³-hybridized carbons (Fsp3) is 0.471. The summed E-state index contributed by atoms with van der Waals surface area (Å²) in [5, 5.41) is 3.54. The fourth-order valence-corrected chi connectivity index (χ4v) is 2.44. The number of ether oxygens (including phenoxy) is 1. The van der Waals surface area contributed by atoms with Gasteiger partial charge in [-0.05, 0) is 19.1 Å². The maximum absolute atomic E-state index is 13.4. The lowest BCUT2D eigenvalue weighted by Gasteiger charge is -2.23. The smallest absolute Gasteiger partial charge is 0.455 e. The number of fused-ring (bicyclic) bond motifs is 1. The lowest BCUT2D eigenvalue weighted by Crippen LogP contribution is -2.53. The molecule has 0 bridgehead atoms. The van der Waals surface area contributed by atoms with Crippen LogP contribution in [0.1, 0.15) is 6.92 Å². The molecule has 1 aliphatic heterocycles. The Hall–Kier alpha value is -2.99. The molecule has 0 aromatic heterocycles. The quantitative estimate of drug-likeness (QED) is 0.537. The molecule has 0 aliphatic carbocycles. The molecule has 1 unspecified atom stereocenters. The molecule has 0 radical (unpaired) electrons. The van der Waals surface area contributed by atoms with Gasteiger partial charge in [0.1, 0.15) is 30.1 Å². The van der Waals surface area contributed by atoms with Gasteiger partial charge in [-0.2, -0.15) is 22.0 Å². The first-order chi connectivity index (χ1) is 13.7.